The van der Waals surface area contributed by atoms with E-state index >= 15 is 0 Å². The van der Waals surface area contributed by atoms with Crippen molar-refractivity contribution in [3.8, 4) is 5.75 Å². The topological polar surface area (TPSA) is 53.1 Å². The Balaban J connectivity index is 1.96. The molecule has 0 atom stereocenters. The summed E-state index contributed by atoms with van der Waals surface area (Å²) in [7, 11) is 1.67. The summed E-state index contributed by atoms with van der Waals surface area (Å²) in [5.74, 6) is 1.36. The Labute approximate surface area is 128 Å². The van der Waals surface area contributed by atoms with Gasteiger partial charge in [0, 0.05) is 0 Å². The molecule has 5 heteroatoms. The molecule has 1 aromatic heterocycles. The van der Waals surface area contributed by atoms with Gasteiger partial charge in [-0.25, -0.2) is 4.68 Å². The van der Waals surface area contributed by atoms with Gasteiger partial charge in [-0.15, -0.1) is 0 Å². The fraction of sp³-hybridized carbons (Fsp3) is 0.188. The molecule has 21 heavy (non-hydrogen) atoms. The zero-order chi connectivity index (χ0) is 15.0. The van der Waals surface area contributed by atoms with Crippen LogP contribution in [0, 0.1) is 6.92 Å². The monoisotopic (exact) mass is 301 g/mol. The quantitative estimate of drug-likeness (QED) is 0.803. The minimum absolute atomic E-state index is 0.504. The number of hydrogen-bond acceptors (Lipinski definition) is 3. The second-order valence-corrected chi connectivity index (χ2v) is 5.37. The molecule has 1 heterocycles. The first-order valence-corrected chi connectivity index (χ1v) is 7.01. The van der Waals surface area contributed by atoms with E-state index in [1.807, 2.05) is 25.1 Å². The first-order valence-electron chi connectivity index (χ1n) is 6.63. The molecule has 2 N–H and O–H groups in total. The summed E-state index contributed by atoms with van der Waals surface area (Å²) in [4.78, 5) is 0. The Bertz CT molecular complexity index is 811. The number of halogens is 1. The third-order valence-corrected chi connectivity index (χ3v) is 4.00. The lowest BCUT2D eigenvalue weighted by Crippen LogP contribution is -2.06. The van der Waals surface area contributed by atoms with Gasteiger partial charge < -0.3 is 10.5 Å². The Morgan fingerprint density at radius 1 is 1.19 bits per heavy atom. The predicted octanol–water partition coefficient (Wildman–Crippen LogP) is 3.64. The van der Waals surface area contributed by atoms with Gasteiger partial charge in [0.1, 0.15) is 16.6 Å². The highest BCUT2D eigenvalue weighted by Gasteiger charge is 2.10. The van der Waals surface area contributed by atoms with Crippen molar-refractivity contribution in [1.29, 1.82) is 0 Å². The molecule has 0 unspecified atom stereocenters. The fourth-order valence-corrected chi connectivity index (χ4v) is 2.50. The number of nitrogens with zero attached hydrogens (tertiary/aromatic N) is 2. The summed E-state index contributed by atoms with van der Waals surface area (Å²) in [5.41, 5.74) is 7.83. The molecule has 4 nitrogen and oxygen atoms in total. The highest BCUT2D eigenvalue weighted by atomic mass is 35.5. The van der Waals surface area contributed by atoms with Gasteiger partial charge >= 0.3 is 0 Å². The van der Waals surface area contributed by atoms with Crippen LogP contribution in [0.5, 0.6) is 5.75 Å². The number of ether oxygens (including phenoxy) is 1. The Kier molecular flexibility index (Phi) is 3.47. The normalized spacial score (nSPS) is 11.0. The molecule has 2 aromatic carbocycles. The van der Waals surface area contributed by atoms with Crippen molar-refractivity contribution in [2.24, 2.45) is 0 Å². The van der Waals surface area contributed by atoms with Crippen LogP contribution in [0.25, 0.3) is 10.8 Å². The molecule has 0 aliphatic rings. The molecule has 0 aliphatic carbocycles. The van der Waals surface area contributed by atoms with Gasteiger partial charge in [0.05, 0.1) is 19.3 Å². The molecule has 0 radical (unpaired) electrons. The van der Waals surface area contributed by atoms with E-state index in [0.29, 0.717) is 17.4 Å². The number of aromatic nitrogens is 2. The molecule has 3 rings (SSSR count). The number of anilines is 1. The molecule has 0 aliphatic heterocycles. The van der Waals surface area contributed by atoms with Gasteiger partial charge in [-0.05, 0) is 41.5 Å². The minimum atomic E-state index is 0.504. The smallest absolute Gasteiger partial charge is 0.141 e. The number of hydrogen-bond donors (Lipinski definition) is 1. The largest absolute Gasteiger partial charge is 0.497 e. The first-order chi connectivity index (χ1) is 10.1. The summed E-state index contributed by atoms with van der Waals surface area (Å²) >= 11 is 6.07. The van der Waals surface area contributed by atoms with Gasteiger partial charge in [0.25, 0.3) is 0 Å². The summed E-state index contributed by atoms with van der Waals surface area (Å²) in [5, 5.41) is 7.17. The van der Waals surface area contributed by atoms with Crippen molar-refractivity contribution >= 4 is 28.2 Å². The SMILES string of the molecule is COc1ccc2cc(Cn3nc(C)c(Cl)c3N)ccc2c1. The Morgan fingerprint density at radius 2 is 1.90 bits per heavy atom. The van der Waals surface area contributed by atoms with Gasteiger partial charge in [0.2, 0.25) is 0 Å². The maximum atomic E-state index is 6.07. The molecule has 0 saturated carbocycles. The van der Waals surface area contributed by atoms with E-state index < -0.39 is 0 Å². The van der Waals surface area contributed by atoms with Gasteiger partial charge in [-0.1, -0.05) is 29.8 Å². The maximum Gasteiger partial charge on any atom is 0.141 e. The average Bonchev–Trinajstić information content (AvgIpc) is 2.74. The lowest BCUT2D eigenvalue weighted by atomic mass is 10.1. The Hall–Kier alpha value is -2.20. The van der Waals surface area contributed by atoms with E-state index in [4.69, 9.17) is 22.1 Å². The van der Waals surface area contributed by atoms with E-state index in [0.717, 1.165) is 27.8 Å². The third kappa shape index (κ3) is 2.54. The van der Waals surface area contributed by atoms with E-state index in [1.54, 1.807) is 11.8 Å². The number of aryl methyl sites for hydroxylation is 1. The van der Waals surface area contributed by atoms with Crippen LogP contribution < -0.4 is 10.5 Å². The minimum Gasteiger partial charge on any atom is -0.497 e. The highest BCUT2D eigenvalue weighted by Crippen LogP contribution is 2.25. The summed E-state index contributed by atoms with van der Waals surface area (Å²) in [6, 6.07) is 12.3. The lowest BCUT2D eigenvalue weighted by molar-refractivity contribution is 0.415. The number of nitrogens with two attached hydrogens (primary N) is 1. The molecule has 0 fully saturated rings. The molecule has 0 amide bonds. The van der Waals surface area contributed by atoms with Crippen LogP contribution in [0.15, 0.2) is 36.4 Å². The van der Waals surface area contributed by atoms with Crippen LogP contribution in [0.1, 0.15) is 11.3 Å². The number of fused-ring (bicyclic) bond motifs is 1. The van der Waals surface area contributed by atoms with Crippen LogP contribution >= 0.6 is 11.6 Å². The molecule has 0 saturated heterocycles. The second-order valence-electron chi connectivity index (χ2n) is 4.99. The number of benzene rings is 2. The van der Waals surface area contributed by atoms with E-state index in [-0.39, 0.29) is 0 Å². The van der Waals surface area contributed by atoms with Crippen molar-refractivity contribution in [3.63, 3.8) is 0 Å². The van der Waals surface area contributed by atoms with Crippen LogP contribution in [-0.4, -0.2) is 16.9 Å². The average molecular weight is 302 g/mol. The molecular formula is C16H16ClN3O. The van der Waals surface area contributed by atoms with E-state index in [9.17, 15) is 0 Å². The molecule has 108 valence electrons. The van der Waals surface area contributed by atoms with Crippen LogP contribution in [0.2, 0.25) is 5.02 Å². The highest BCUT2D eigenvalue weighted by molar-refractivity contribution is 6.33. The van der Waals surface area contributed by atoms with Crippen molar-refractivity contribution in [3.05, 3.63) is 52.7 Å². The van der Waals surface area contributed by atoms with Crippen LogP contribution in [0.4, 0.5) is 5.82 Å². The fourth-order valence-electron chi connectivity index (χ4n) is 2.37. The second kappa shape index (κ2) is 5.30. The maximum absolute atomic E-state index is 6.07. The van der Waals surface area contributed by atoms with Crippen molar-refractivity contribution < 1.29 is 4.74 Å². The lowest BCUT2D eigenvalue weighted by Gasteiger charge is -2.07. The summed E-state index contributed by atoms with van der Waals surface area (Å²) < 4.78 is 6.96. The number of rotatable bonds is 3. The molecule has 0 spiro atoms. The van der Waals surface area contributed by atoms with Crippen molar-refractivity contribution in [2.75, 3.05) is 12.8 Å². The zero-order valence-corrected chi connectivity index (χ0v) is 12.7. The molecular weight excluding hydrogens is 286 g/mol. The van der Waals surface area contributed by atoms with Crippen molar-refractivity contribution in [2.45, 2.75) is 13.5 Å². The summed E-state index contributed by atoms with van der Waals surface area (Å²) in [6.07, 6.45) is 0. The van der Waals surface area contributed by atoms with Crippen molar-refractivity contribution in [1.82, 2.24) is 9.78 Å². The zero-order valence-electron chi connectivity index (χ0n) is 11.9. The van der Waals surface area contributed by atoms with Gasteiger partial charge in [0.15, 0.2) is 0 Å². The Morgan fingerprint density at radius 3 is 2.57 bits per heavy atom. The van der Waals surface area contributed by atoms with E-state index in [2.05, 4.69) is 23.3 Å². The van der Waals surface area contributed by atoms with Crippen LogP contribution in [0.3, 0.4) is 0 Å². The van der Waals surface area contributed by atoms with Crippen LogP contribution in [-0.2, 0) is 6.54 Å². The third-order valence-electron chi connectivity index (χ3n) is 3.54. The first kappa shape index (κ1) is 13.8. The predicted molar refractivity (Wildman–Crippen MR) is 86.0 cm³/mol. The van der Waals surface area contributed by atoms with E-state index in [1.165, 1.54) is 0 Å². The number of methoxy groups -OCH3 is 1. The van der Waals surface area contributed by atoms with Gasteiger partial charge in [-0.3, -0.25) is 0 Å². The van der Waals surface area contributed by atoms with Gasteiger partial charge in [-0.2, -0.15) is 5.10 Å². The number of nitrogen functional groups attached to an aromatic ring is 1. The molecule has 0 bridgehead atoms. The standard InChI is InChI=1S/C16H16ClN3O/c1-10-15(17)16(18)20(19-10)9-11-3-4-13-8-14(21-2)6-5-12(13)7-11/h3-8H,9,18H2,1-2H3. The summed E-state index contributed by atoms with van der Waals surface area (Å²) in [6.45, 7) is 2.45. The molecule has 3 aromatic rings.